The summed E-state index contributed by atoms with van der Waals surface area (Å²) in [5.74, 6) is 0.325. The number of nitrogens with zero attached hydrogens (tertiary/aromatic N) is 4. The zero-order valence-corrected chi connectivity index (χ0v) is 18.2. The van der Waals surface area contributed by atoms with Crippen LogP contribution in [0.5, 0.6) is 0 Å². The molecule has 1 aliphatic rings. The average Bonchev–Trinajstić information content (AvgIpc) is 3.12. The predicted octanol–water partition coefficient (Wildman–Crippen LogP) is 3.16. The molecule has 0 aliphatic heterocycles. The van der Waals surface area contributed by atoms with Crippen LogP contribution in [0.2, 0.25) is 0 Å². The average molecular weight is 424 g/mol. The number of hydrogen-bond acceptors (Lipinski definition) is 6. The molecule has 164 valence electrons. The Bertz CT molecular complexity index is 1040. The molecule has 8 nitrogen and oxygen atoms in total. The fraction of sp³-hybridized carbons (Fsp3) is 0.478. The number of carbonyl (C=O) groups is 1. The third kappa shape index (κ3) is 4.75. The molecule has 0 radical (unpaired) electrons. The van der Waals surface area contributed by atoms with Crippen molar-refractivity contribution in [2.75, 3.05) is 0 Å². The maximum absolute atomic E-state index is 12.6. The Morgan fingerprint density at radius 1 is 1.16 bits per heavy atom. The summed E-state index contributed by atoms with van der Waals surface area (Å²) in [6.07, 6.45) is 5.65. The summed E-state index contributed by atoms with van der Waals surface area (Å²) in [5.41, 5.74) is 2.26. The van der Waals surface area contributed by atoms with Gasteiger partial charge in [-0.15, -0.1) is 0 Å². The quantitative estimate of drug-likeness (QED) is 0.591. The van der Waals surface area contributed by atoms with Crippen LogP contribution in [0.15, 0.2) is 36.7 Å². The van der Waals surface area contributed by atoms with Crippen LogP contribution < -0.4 is 5.32 Å². The Morgan fingerprint density at radius 3 is 2.52 bits per heavy atom. The number of rotatable bonds is 6. The summed E-state index contributed by atoms with van der Waals surface area (Å²) in [4.78, 5) is 21.4. The lowest BCUT2D eigenvalue weighted by molar-refractivity contribution is -0.166. The molecule has 2 heterocycles. The molecule has 31 heavy (non-hydrogen) atoms. The second kappa shape index (κ2) is 9.11. The van der Waals surface area contributed by atoms with Gasteiger partial charge < -0.3 is 15.2 Å². The van der Waals surface area contributed by atoms with Crippen LogP contribution in [-0.2, 0) is 4.74 Å². The van der Waals surface area contributed by atoms with E-state index in [4.69, 9.17) is 4.74 Å². The third-order valence-corrected chi connectivity index (χ3v) is 5.77. The van der Waals surface area contributed by atoms with Gasteiger partial charge in [-0.1, -0.05) is 32.0 Å². The lowest BCUT2D eigenvalue weighted by Crippen LogP contribution is -2.40. The molecule has 1 amide bonds. The van der Waals surface area contributed by atoms with Crippen molar-refractivity contribution in [1.29, 1.82) is 0 Å². The van der Waals surface area contributed by atoms with Crippen LogP contribution in [0, 0.1) is 12.8 Å². The van der Waals surface area contributed by atoms with Crippen LogP contribution in [0.25, 0.3) is 16.9 Å². The molecular formula is C23H29N5O3. The Hall–Kier alpha value is -2.84. The molecule has 4 rings (SSSR count). The Kier molecular flexibility index (Phi) is 6.29. The first kappa shape index (κ1) is 21.4. The molecule has 2 N–H and O–H groups in total. The zero-order chi connectivity index (χ0) is 22.0. The highest BCUT2D eigenvalue weighted by Crippen LogP contribution is 2.24. The molecule has 1 aliphatic carbocycles. The van der Waals surface area contributed by atoms with Gasteiger partial charge in [-0.3, -0.25) is 4.79 Å². The van der Waals surface area contributed by atoms with E-state index in [-0.39, 0.29) is 24.0 Å². The molecule has 2 aromatic heterocycles. The van der Waals surface area contributed by atoms with Crippen LogP contribution in [0.1, 0.15) is 55.6 Å². The van der Waals surface area contributed by atoms with Crippen molar-refractivity contribution in [3.05, 3.63) is 47.9 Å². The summed E-state index contributed by atoms with van der Waals surface area (Å²) in [7, 11) is 0. The van der Waals surface area contributed by atoms with Gasteiger partial charge in [0.2, 0.25) is 0 Å². The van der Waals surface area contributed by atoms with E-state index in [0.717, 1.165) is 42.3 Å². The summed E-state index contributed by atoms with van der Waals surface area (Å²) >= 11 is 0. The lowest BCUT2D eigenvalue weighted by atomic mass is 9.92. The molecule has 0 spiro atoms. The number of para-hydroxylation sites is 1. The van der Waals surface area contributed by atoms with Crippen molar-refractivity contribution in [2.45, 2.75) is 64.9 Å². The van der Waals surface area contributed by atoms with E-state index in [2.05, 4.69) is 20.4 Å². The van der Waals surface area contributed by atoms with Crippen molar-refractivity contribution in [2.24, 2.45) is 5.92 Å². The fourth-order valence-electron chi connectivity index (χ4n) is 3.89. The van der Waals surface area contributed by atoms with Gasteiger partial charge in [-0.2, -0.15) is 9.78 Å². The van der Waals surface area contributed by atoms with Gasteiger partial charge in [0.1, 0.15) is 0 Å². The topological polar surface area (TPSA) is 102 Å². The largest absolute Gasteiger partial charge is 0.368 e. The van der Waals surface area contributed by atoms with Crippen LogP contribution in [-0.4, -0.2) is 49.2 Å². The predicted molar refractivity (Wildman–Crippen MR) is 117 cm³/mol. The van der Waals surface area contributed by atoms with Crippen LogP contribution in [0.4, 0.5) is 0 Å². The van der Waals surface area contributed by atoms with Gasteiger partial charge >= 0.3 is 0 Å². The highest BCUT2D eigenvalue weighted by Gasteiger charge is 2.26. The minimum absolute atomic E-state index is 0.0421. The van der Waals surface area contributed by atoms with Gasteiger partial charge in [0, 0.05) is 29.7 Å². The minimum atomic E-state index is -0.734. The highest BCUT2D eigenvalue weighted by atomic mass is 16.6. The number of benzene rings is 1. The SMILES string of the molecule is Cc1nn(-c2ncc(C(=O)N[C@H]3CC[C@H](OC(O)C(C)C)CC3)cn2)c2ccccc12. The molecular weight excluding hydrogens is 394 g/mol. The molecule has 1 unspecified atom stereocenters. The molecule has 1 atom stereocenters. The second-order valence-corrected chi connectivity index (χ2v) is 8.50. The normalized spacial score (nSPS) is 20.2. The number of amides is 1. The molecule has 1 aromatic carbocycles. The molecule has 0 saturated heterocycles. The summed E-state index contributed by atoms with van der Waals surface area (Å²) in [6.45, 7) is 5.81. The van der Waals surface area contributed by atoms with Crippen molar-refractivity contribution in [3.63, 3.8) is 0 Å². The standard InChI is InChI=1S/C23H29N5O3/c1-14(2)22(30)31-18-10-8-17(9-11-18)26-21(29)16-12-24-23(25-13-16)28-20-7-5-4-6-19(20)15(3)27-28/h4-7,12-14,17-18,22,30H,8-11H2,1-3H3,(H,26,29)/t17-,18-,22?. The van der Waals surface area contributed by atoms with Crippen molar-refractivity contribution >= 4 is 16.8 Å². The molecule has 1 saturated carbocycles. The smallest absolute Gasteiger partial charge is 0.254 e. The fourth-order valence-corrected chi connectivity index (χ4v) is 3.89. The summed E-state index contributed by atoms with van der Waals surface area (Å²) < 4.78 is 7.39. The highest BCUT2D eigenvalue weighted by molar-refractivity contribution is 5.93. The van der Waals surface area contributed by atoms with E-state index < -0.39 is 6.29 Å². The zero-order valence-electron chi connectivity index (χ0n) is 18.2. The van der Waals surface area contributed by atoms with E-state index in [1.165, 1.54) is 12.4 Å². The molecule has 3 aromatic rings. The Labute approximate surface area is 181 Å². The monoisotopic (exact) mass is 423 g/mol. The number of hydrogen-bond donors (Lipinski definition) is 2. The molecule has 1 fully saturated rings. The number of aliphatic hydroxyl groups excluding tert-OH is 1. The Morgan fingerprint density at radius 2 is 1.84 bits per heavy atom. The third-order valence-electron chi connectivity index (χ3n) is 5.77. The van der Waals surface area contributed by atoms with E-state index in [9.17, 15) is 9.90 Å². The van der Waals surface area contributed by atoms with Crippen LogP contribution >= 0.6 is 0 Å². The van der Waals surface area contributed by atoms with Gasteiger partial charge in [-0.25, -0.2) is 9.97 Å². The van der Waals surface area contributed by atoms with E-state index in [1.54, 1.807) is 4.68 Å². The maximum Gasteiger partial charge on any atom is 0.254 e. The van der Waals surface area contributed by atoms with Gasteiger partial charge in [0.25, 0.3) is 11.9 Å². The number of fused-ring (bicyclic) bond motifs is 1. The van der Waals surface area contributed by atoms with Gasteiger partial charge in [0.15, 0.2) is 6.29 Å². The van der Waals surface area contributed by atoms with Crippen molar-refractivity contribution < 1.29 is 14.6 Å². The molecule has 0 bridgehead atoms. The Balaban J connectivity index is 1.36. The first-order chi connectivity index (χ1) is 14.9. The number of nitrogens with one attached hydrogen (secondary N) is 1. The first-order valence-corrected chi connectivity index (χ1v) is 10.8. The number of aliphatic hydroxyl groups is 1. The first-order valence-electron chi connectivity index (χ1n) is 10.8. The maximum atomic E-state index is 12.6. The number of aryl methyl sites for hydroxylation is 1. The second-order valence-electron chi connectivity index (χ2n) is 8.50. The van der Waals surface area contributed by atoms with Gasteiger partial charge in [-0.05, 0) is 38.7 Å². The number of ether oxygens (including phenoxy) is 1. The van der Waals surface area contributed by atoms with Crippen LogP contribution in [0.3, 0.4) is 0 Å². The van der Waals surface area contributed by atoms with E-state index in [0.29, 0.717) is 11.5 Å². The van der Waals surface area contributed by atoms with Crippen molar-refractivity contribution in [1.82, 2.24) is 25.1 Å². The van der Waals surface area contributed by atoms with Gasteiger partial charge in [0.05, 0.1) is 22.9 Å². The molecule has 8 heteroatoms. The summed E-state index contributed by atoms with van der Waals surface area (Å²) in [6, 6.07) is 7.99. The van der Waals surface area contributed by atoms with E-state index >= 15 is 0 Å². The minimum Gasteiger partial charge on any atom is -0.368 e. The van der Waals surface area contributed by atoms with E-state index in [1.807, 2.05) is 45.0 Å². The summed E-state index contributed by atoms with van der Waals surface area (Å²) in [5, 5.41) is 18.5. The van der Waals surface area contributed by atoms with Crippen molar-refractivity contribution in [3.8, 4) is 5.95 Å². The number of aromatic nitrogens is 4. The number of carbonyl (C=O) groups excluding carboxylic acids is 1. The lowest BCUT2D eigenvalue weighted by Gasteiger charge is -2.31.